The molecule has 0 saturated heterocycles. The van der Waals surface area contributed by atoms with Crippen molar-refractivity contribution in [3.8, 4) is 0 Å². The molecule has 0 heterocycles. The van der Waals surface area contributed by atoms with Gasteiger partial charge in [0.15, 0.2) is 0 Å². The maximum Gasteiger partial charge on any atom is 0.00789 e. The summed E-state index contributed by atoms with van der Waals surface area (Å²) in [5, 5.41) is 0. The van der Waals surface area contributed by atoms with Gasteiger partial charge >= 0.3 is 0 Å². The van der Waals surface area contributed by atoms with E-state index < -0.39 is 0 Å². The zero-order valence-corrected chi connectivity index (χ0v) is 10.4. The van der Waals surface area contributed by atoms with E-state index >= 15 is 0 Å². The molecule has 2 N–H and O–H groups in total. The van der Waals surface area contributed by atoms with Gasteiger partial charge in [0.1, 0.15) is 0 Å². The molecule has 0 bridgehead atoms. The van der Waals surface area contributed by atoms with Gasteiger partial charge in [-0.1, -0.05) is 33.6 Å². The lowest BCUT2D eigenvalue weighted by atomic mass is 10.0. The summed E-state index contributed by atoms with van der Waals surface area (Å²) in [6.45, 7) is 12.3. The lowest BCUT2D eigenvalue weighted by Gasteiger charge is -2.30. The highest BCUT2D eigenvalue weighted by Crippen LogP contribution is 2.13. The summed E-state index contributed by atoms with van der Waals surface area (Å²) in [4.78, 5) is 2.56. The largest absolute Gasteiger partial charge is 0.330 e. The summed E-state index contributed by atoms with van der Waals surface area (Å²) in [5.74, 6) is 0.857. The van der Waals surface area contributed by atoms with Crippen molar-refractivity contribution in [3.63, 3.8) is 0 Å². The van der Waals surface area contributed by atoms with E-state index in [9.17, 15) is 0 Å². The Kier molecular flexibility index (Phi) is 8.20. The molecule has 0 amide bonds. The predicted molar refractivity (Wildman–Crippen MR) is 64.5 cm³/mol. The summed E-state index contributed by atoms with van der Waals surface area (Å²) >= 11 is 0. The molecule has 0 spiro atoms. The summed E-state index contributed by atoms with van der Waals surface area (Å²) in [7, 11) is 0. The molecule has 0 aliphatic heterocycles. The van der Waals surface area contributed by atoms with Crippen molar-refractivity contribution < 1.29 is 0 Å². The fourth-order valence-electron chi connectivity index (χ4n) is 1.92. The Bertz CT molecular complexity index is 121. The Hall–Kier alpha value is -0.0800. The van der Waals surface area contributed by atoms with Crippen LogP contribution in [-0.2, 0) is 0 Å². The number of hydrogen-bond donors (Lipinski definition) is 1. The molecule has 1 atom stereocenters. The molecular weight excluding hydrogens is 172 g/mol. The molecule has 86 valence electrons. The van der Waals surface area contributed by atoms with E-state index in [1.807, 2.05) is 0 Å². The van der Waals surface area contributed by atoms with Crippen LogP contribution in [-0.4, -0.2) is 30.6 Å². The van der Waals surface area contributed by atoms with Crippen LogP contribution < -0.4 is 5.73 Å². The van der Waals surface area contributed by atoms with Crippen molar-refractivity contribution in [1.29, 1.82) is 0 Å². The molecule has 14 heavy (non-hydrogen) atoms. The minimum Gasteiger partial charge on any atom is -0.330 e. The molecule has 0 saturated carbocycles. The molecule has 0 aliphatic rings. The van der Waals surface area contributed by atoms with Gasteiger partial charge in [0.25, 0.3) is 0 Å². The first-order valence-electron chi connectivity index (χ1n) is 6.13. The molecule has 0 rings (SSSR count). The maximum atomic E-state index is 5.59. The zero-order valence-electron chi connectivity index (χ0n) is 10.4. The summed E-state index contributed by atoms with van der Waals surface area (Å²) in [6.07, 6.45) is 3.71. The van der Waals surface area contributed by atoms with Crippen LogP contribution in [0.5, 0.6) is 0 Å². The Balaban J connectivity index is 3.98. The summed E-state index contributed by atoms with van der Waals surface area (Å²) in [6, 6.07) is 0.644. The first-order chi connectivity index (χ1) is 6.69. The number of hydrogen-bond acceptors (Lipinski definition) is 2. The van der Waals surface area contributed by atoms with Crippen molar-refractivity contribution >= 4 is 0 Å². The zero-order chi connectivity index (χ0) is 11.0. The quantitative estimate of drug-likeness (QED) is 0.652. The van der Waals surface area contributed by atoms with E-state index in [2.05, 4.69) is 32.6 Å². The van der Waals surface area contributed by atoms with E-state index in [0.717, 1.165) is 25.4 Å². The molecular formula is C12H28N2. The van der Waals surface area contributed by atoms with Crippen molar-refractivity contribution in [2.24, 2.45) is 11.7 Å². The third kappa shape index (κ3) is 4.97. The fraction of sp³-hybridized carbons (Fsp3) is 1.00. The standard InChI is InChI=1S/C12H28N2/c1-5-12(6-2)10-14(7-3)11(4)8-9-13/h11-12H,5-10,13H2,1-4H3. The minimum atomic E-state index is 0.644. The SMILES string of the molecule is CCC(CC)CN(CC)C(C)CCN. The van der Waals surface area contributed by atoms with Gasteiger partial charge in [0.05, 0.1) is 0 Å². The van der Waals surface area contributed by atoms with E-state index in [1.165, 1.54) is 19.4 Å². The lowest BCUT2D eigenvalue weighted by molar-refractivity contribution is 0.175. The Morgan fingerprint density at radius 3 is 2.07 bits per heavy atom. The van der Waals surface area contributed by atoms with Crippen LogP contribution in [0.4, 0.5) is 0 Å². The van der Waals surface area contributed by atoms with E-state index in [-0.39, 0.29) is 0 Å². The monoisotopic (exact) mass is 200 g/mol. The highest BCUT2D eigenvalue weighted by atomic mass is 15.1. The number of nitrogens with two attached hydrogens (primary N) is 1. The summed E-state index contributed by atoms with van der Waals surface area (Å²) in [5.41, 5.74) is 5.59. The van der Waals surface area contributed by atoms with Gasteiger partial charge in [-0.05, 0) is 32.4 Å². The van der Waals surface area contributed by atoms with Crippen LogP contribution in [0.2, 0.25) is 0 Å². The average molecular weight is 200 g/mol. The fourth-order valence-corrected chi connectivity index (χ4v) is 1.92. The van der Waals surface area contributed by atoms with Gasteiger partial charge in [0, 0.05) is 12.6 Å². The first-order valence-corrected chi connectivity index (χ1v) is 6.13. The third-order valence-corrected chi connectivity index (χ3v) is 3.26. The van der Waals surface area contributed by atoms with Gasteiger partial charge < -0.3 is 10.6 Å². The van der Waals surface area contributed by atoms with Crippen molar-refractivity contribution in [3.05, 3.63) is 0 Å². The van der Waals surface area contributed by atoms with Crippen LogP contribution >= 0.6 is 0 Å². The van der Waals surface area contributed by atoms with Crippen molar-refractivity contribution in [2.75, 3.05) is 19.6 Å². The van der Waals surface area contributed by atoms with Crippen LogP contribution in [0.25, 0.3) is 0 Å². The molecule has 2 heteroatoms. The van der Waals surface area contributed by atoms with Crippen LogP contribution in [0.1, 0.15) is 47.0 Å². The maximum absolute atomic E-state index is 5.59. The number of nitrogens with zero attached hydrogens (tertiary/aromatic N) is 1. The van der Waals surface area contributed by atoms with Crippen LogP contribution in [0, 0.1) is 5.92 Å². The predicted octanol–water partition coefficient (Wildman–Crippen LogP) is 2.48. The first kappa shape index (κ1) is 13.9. The second-order valence-electron chi connectivity index (χ2n) is 4.20. The second-order valence-corrected chi connectivity index (χ2v) is 4.20. The van der Waals surface area contributed by atoms with Crippen molar-refractivity contribution in [1.82, 2.24) is 4.90 Å². The molecule has 0 aliphatic carbocycles. The second kappa shape index (κ2) is 8.25. The van der Waals surface area contributed by atoms with Gasteiger partial charge in [-0.15, -0.1) is 0 Å². The van der Waals surface area contributed by atoms with Gasteiger partial charge in [-0.2, -0.15) is 0 Å². The van der Waals surface area contributed by atoms with Gasteiger partial charge in [-0.3, -0.25) is 0 Å². The molecule has 1 unspecified atom stereocenters. The Labute approximate surface area is 89.9 Å². The van der Waals surface area contributed by atoms with Gasteiger partial charge in [-0.25, -0.2) is 0 Å². The van der Waals surface area contributed by atoms with E-state index in [0.29, 0.717) is 6.04 Å². The lowest BCUT2D eigenvalue weighted by Crippen LogP contribution is -2.37. The highest BCUT2D eigenvalue weighted by molar-refractivity contribution is 4.69. The highest BCUT2D eigenvalue weighted by Gasteiger charge is 2.14. The smallest absolute Gasteiger partial charge is 0.00789 e. The van der Waals surface area contributed by atoms with Crippen molar-refractivity contribution in [2.45, 2.75) is 53.0 Å². The van der Waals surface area contributed by atoms with E-state index in [4.69, 9.17) is 5.73 Å². The Morgan fingerprint density at radius 2 is 1.71 bits per heavy atom. The summed E-state index contributed by atoms with van der Waals surface area (Å²) < 4.78 is 0. The normalized spacial score (nSPS) is 13.9. The Morgan fingerprint density at radius 1 is 1.14 bits per heavy atom. The topological polar surface area (TPSA) is 29.3 Å². The van der Waals surface area contributed by atoms with Gasteiger partial charge in [0.2, 0.25) is 0 Å². The molecule has 2 nitrogen and oxygen atoms in total. The molecule has 0 aromatic rings. The van der Waals surface area contributed by atoms with Crippen LogP contribution in [0.3, 0.4) is 0 Å². The molecule has 0 fully saturated rings. The minimum absolute atomic E-state index is 0.644. The molecule has 0 radical (unpaired) electrons. The average Bonchev–Trinajstić information content (AvgIpc) is 2.20. The molecule has 0 aromatic carbocycles. The molecule has 0 aromatic heterocycles. The third-order valence-electron chi connectivity index (χ3n) is 3.26. The van der Waals surface area contributed by atoms with Crippen LogP contribution in [0.15, 0.2) is 0 Å². The van der Waals surface area contributed by atoms with E-state index in [1.54, 1.807) is 0 Å². The number of rotatable bonds is 8.